The quantitative estimate of drug-likeness (QED) is 0.380. The van der Waals surface area contributed by atoms with E-state index in [9.17, 15) is 9.59 Å². The van der Waals surface area contributed by atoms with Crippen molar-refractivity contribution in [3.05, 3.63) is 12.2 Å². The fourth-order valence-corrected chi connectivity index (χ4v) is 2.59. The Labute approximate surface area is 134 Å². The normalized spacial score (nSPS) is 24.7. The third-order valence-electron chi connectivity index (χ3n) is 4.30. The lowest BCUT2D eigenvalue weighted by Gasteiger charge is -2.14. The molecule has 0 aromatic rings. The van der Waals surface area contributed by atoms with Gasteiger partial charge in [0.15, 0.2) is 0 Å². The van der Waals surface area contributed by atoms with Gasteiger partial charge in [-0.15, -0.1) is 0 Å². The summed E-state index contributed by atoms with van der Waals surface area (Å²) in [5.41, 5.74) is 0. The van der Waals surface area contributed by atoms with Gasteiger partial charge >= 0.3 is 5.97 Å². The summed E-state index contributed by atoms with van der Waals surface area (Å²) in [6.07, 6.45) is 12.7. The molecule has 1 saturated heterocycles. The highest BCUT2D eigenvalue weighted by Crippen LogP contribution is 2.21. The largest absolute Gasteiger partial charge is 0.461 e. The van der Waals surface area contributed by atoms with E-state index < -0.39 is 6.04 Å². The van der Waals surface area contributed by atoms with Crippen LogP contribution in [0.15, 0.2) is 12.2 Å². The first-order valence-corrected chi connectivity index (χ1v) is 8.71. The second-order valence-corrected chi connectivity index (χ2v) is 6.26. The smallest absolute Gasteiger partial charge is 0.329 e. The monoisotopic (exact) mass is 309 g/mol. The number of esters is 1. The van der Waals surface area contributed by atoms with Gasteiger partial charge in [-0.3, -0.25) is 4.79 Å². The minimum absolute atomic E-state index is 0.0412. The number of hydrogen-bond acceptors (Lipinski definition) is 3. The van der Waals surface area contributed by atoms with Gasteiger partial charge in [0.25, 0.3) is 0 Å². The molecule has 1 aliphatic rings. The summed E-state index contributed by atoms with van der Waals surface area (Å²) < 4.78 is 5.12. The molecule has 0 aromatic carbocycles. The van der Waals surface area contributed by atoms with Crippen molar-refractivity contribution in [2.75, 3.05) is 0 Å². The molecule has 1 fully saturated rings. The second-order valence-electron chi connectivity index (χ2n) is 6.26. The maximum Gasteiger partial charge on any atom is 0.329 e. The summed E-state index contributed by atoms with van der Waals surface area (Å²) >= 11 is 0. The lowest BCUT2D eigenvalue weighted by molar-refractivity contribution is -0.143. The van der Waals surface area contributed by atoms with Crippen molar-refractivity contribution in [2.24, 2.45) is 5.92 Å². The summed E-state index contributed by atoms with van der Waals surface area (Å²) in [6, 6.07) is -0.475. The van der Waals surface area contributed by atoms with Crippen LogP contribution < -0.4 is 5.32 Å². The summed E-state index contributed by atoms with van der Waals surface area (Å²) in [4.78, 5) is 23.5. The summed E-state index contributed by atoms with van der Waals surface area (Å²) in [6.45, 7) is 6.01. The number of carbonyl (C=O) groups is 2. The number of ether oxygens (including phenoxy) is 1. The molecular formula is C18H31NO3. The molecule has 1 rings (SSSR count). The van der Waals surface area contributed by atoms with E-state index in [1.54, 1.807) is 0 Å². The third kappa shape index (κ3) is 6.63. The SMILES string of the molecule is CCCCCC/C=C/CCCC(=O)N[C@H]1C(=O)O[C@@H](C)[C@@H]1C. The average Bonchev–Trinajstić information content (AvgIpc) is 2.72. The molecule has 4 heteroatoms. The number of nitrogens with one attached hydrogen (secondary N) is 1. The molecule has 126 valence electrons. The molecule has 0 spiro atoms. The van der Waals surface area contributed by atoms with E-state index in [0.29, 0.717) is 6.42 Å². The van der Waals surface area contributed by atoms with Crippen LogP contribution in [-0.4, -0.2) is 24.0 Å². The zero-order valence-corrected chi connectivity index (χ0v) is 14.3. The second kappa shape index (κ2) is 10.4. The minimum Gasteiger partial charge on any atom is -0.461 e. The molecule has 0 aliphatic carbocycles. The van der Waals surface area contributed by atoms with E-state index >= 15 is 0 Å². The van der Waals surface area contributed by atoms with E-state index in [1.165, 1.54) is 25.7 Å². The number of allylic oxidation sites excluding steroid dienone is 2. The van der Waals surface area contributed by atoms with Gasteiger partial charge < -0.3 is 10.1 Å². The maximum atomic E-state index is 11.9. The minimum atomic E-state index is -0.475. The summed E-state index contributed by atoms with van der Waals surface area (Å²) in [7, 11) is 0. The standard InChI is InChI=1S/C18H31NO3/c1-4-5-6-7-8-9-10-11-12-13-16(20)19-17-14(2)15(3)22-18(17)21/h9-10,14-15,17H,4-8,11-13H2,1-3H3,(H,19,20)/b10-9+/t14-,15-,17+/m0/s1. The number of cyclic esters (lactones) is 1. The summed E-state index contributed by atoms with van der Waals surface area (Å²) in [5.74, 6) is -0.320. The fourth-order valence-electron chi connectivity index (χ4n) is 2.59. The van der Waals surface area contributed by atoms with E-state index in [4.69, 9.17) is 4.74 Å². The molecule has 0 saturated carbocycles. The Balaban J connectivity index is 2.09. The molecule has 0 bridgehead atoms. The molecule has 1 amide bonds. The molecular weight excluding hydrogens is 278 g/mol. The van der Waals surface area contributed by atoms with Crippen molar-refractivity contribution in [1.29, 1.82) is 0 Å². The third-order valence-corrected chi connectivity index (χ3v) is 4.30. The first kappa shape index (κ1) is 18.7. The van der Waals surface area contributed by atoms with Crippen molar-refractivity contribution < 1.29 is 14.3 Å². The van der Waals surface area contributed by atoms with Crippen molar-refractivity contribution in [1.82, 2.24) is 5.32 Å². The van der Waals surface area contributed by atoms with Crippen molar-refractivity contribution in [2.45, 2.75) is 84.3 Å². The molecule has 0 radical (unpaired) electrons. The van der Waals surface area contributed by atoms with Crippen LogP contribution in [0.5, 0.6) is 0 Å². The Morgan fingerprint density at radius 2 is 1.82 bits per heavy atom. The van der Waals surface area contributed by atoms with E-state index in [1.807, 2.05) is 13.8 Å². The highest BCUT2D eigenvalue weighted by Gasteiger charge is 2.39. The zero-order chi connectivity index (χ0) is 16.4. The molecule has 4 nitrogen and oxygen atoms in total. The molecule has 1 aliphatic heterocycles. The Hall–Kier alpha value is -1.32. The van der Waals surface area contributed by atoms with E-state index in [-0.39, 0.29) is 23.9 Å². The van der Waals surface area contributed by atoms with Crippen LogP contribution in [-0.2, 0) is 14.3 Å². The molecule has 0 aromatic heterocycles. The van der Waals surface area contributed by atoms with Gasteiger partial charge in [-0.05, 0) is 32.6 Å². The van der Waals surface area contributed by atoms with Crippen LogP contribution in [0.1, 0.15) is 72.1 Å². The lowest BCUT2D eigenvalue weighted by atomic mass is 10.00. The Bertz CT molecular complexity index is 379. The van der Waals surface area contributed by atoms with Crippen LogP contribution in [0.3, 0.4) is 0 Å². The molecule has 1 heterocycles. The van der Waals surface area contributed by atoms with Gasteiger partial charge in [0.2, 0.25) is 5.91 Å². The van der Waals surface area contributed by atoms with Gasteiger partial charge in [0.1, 0.15) is 12.1 Å². The van der Waals surface area contributed by atoms with Gasteiger partial charge in [0.05, 0.1) is 0 Å². The molecule has 22 heavy (non-hydrogen) atoms. The maximum absolute atomic E-state index is 11.9. The highest BCUT2D eigenvalue weighted by atomic mass is 16.6. The predicted molar refractivity (Wildman–Crippen MR) is 88.4 cm³/mol. The number of unbranched alkanes of at least 4 members (excludes halogenated alkanes) is 5. The van der Waals surface area contributed by atoms with Crippen LogP contribution in [0, 0.1) is 5.92 Å². The van der Waals surface area contributed by atoms with Crippen molar-refractivity contribution >= 4 is 11.9 Å². The lowest BCUT2D eigenvalue weighted by Crippen LogP contribution is -2.41. The van der Waals surface area contributed by atoms with Gasteiger partial charge in [-0.2, -0.15) is 0 Å². The number of carbonyl (C=O) groups excluding carboxylic acids is 2. The van der Waals surface area contributed by atoms with E-state index in [2.05, 4.69) is 24.4 Å². The zero-order valence-electron chi connectivity index (χ0n) is 14.3. The first-order valence-electron chi connectivity index (χ1n) is 8.71. The van der Waals surface area contributed by atoms with Crippen LogP contribution in [0.4, 0.5) is 0 Å². The van der Waals surface area contributed by atoms with E-state index in [0.717, 1.165) is 19.3 Å². The van der Waals surface area contributed by atoms with Crippen molar-refractivity contribution in [3.8, 4) is 0 Å². The number of rotatable bonds is 10. The van der Waals surface area contributed by atoms with Gasteiger partial charge in [0, 0.05) is 12.3 Å². The number of amides is 1. The Morgan fingerprint density at radius 1 is 1.14 bits per heavy atom. The van der Waals surface area contributed by atoms with Gasteiger partial charge in [-0.25, -0.2) is 4.79 Å². The summed E-state index contributed by atoms with van der Waals surface area (Å²) in [5, 5.41) is 2.80. The van der Waals surface area contributed by atoms with Crippen LogP contribution >= 0.6 is 0 Å². The molecule has 1 N–H and O–H groups in total. The Kier molecular flexibility index (Phi) is 8.86. The fraction of sp³-hybridized carbons (Fsp3) is 0.778. The van der Waals surface area contributed by atoms with Crippen LogP contribution in [0.25, 0.3) is 0 Å². The van der Waals surface area contributed by atoms with Crippen LogP contribution in [0.2, 0.25) is 0 Å². The molecule has 3 atom stereocenters. The number of hydrogen-bond donors (Lipinski definition) is 1. The predicted octanol–water partition coefficient (Wildman–Crippen LogP) is 3.75. The Morgan fingerprint density at radius 3 is 2.41 bits per heavy atom. The topological polar surface area (TPSA) is 55.4 Å². The van der Waals surface area contributed by atoms with Crippen molar-refractivity contribution in [3.63, 3.8) is 0 Å². The average molecular weight is 309 g/mol. The molecule has 0 unspecified atom stereocenters. The highest BCUT2D eigenvalue weighted by molar-refractivity contribution is 5.86. The first-order chi connectivity index (χ1) is 10.6. The van der Waals surface area contributed by atoms with Gasteiger partial charge in [-0.1, -0.05) is 45.3 Å².